The highest BCUT2D eigenvalue weighted by atomic mass is 16.8. The second-order valence-electron chi connectivity index (χ2n) is 26.6. The van der Waals surface area contributed by atoms with Gasteiger partial charge in [-0.3, -0.25) is 0 Å². The van der Waals surface area contributed by atoms with Crippen LogP contribution in [0.15, 0.2) is 12.2 Å². The van der Waals surface area contributed by atoms with E-state index in [4.69, 9.17) is 42.6 Å². The molecule has 14 N–H and O–H groups in total. The summed E-state index contributed by atoms with van der Waals surface area (Å²) in [4.78, 5) is 0. The molecule has 77 heavy (non-hydrogen) atoms. The SMILES string of the molecule is CC1OC(OC2CCC3(C)C(CCC4(C)C3C=CC35OCC6(CCC(C)(C)CC63)C(O)CC45C)C2(C)CO)C(OC2OC(CO)C(O)C(O)C2O)C(OC2OC(CO)C(O)C(O)C2OC2OC(CO)C(O)C(O)C2O)C1O. The molecule has 5 aliphatic carbocycles. The van der Waals surface area contributed by atoms with E-state index in [1.165, 1.54) is 6.92 Å². The fraction of sp³-hybridized carbons (Fsp3) is 0.963. The van der Waals surface area contributed by atoms with Crippen molar-refractivity contribution < 1.29 is 114 Å². The number of fused-ring (bicyclic) bond motifs is 4. The van der Waals surface area contributed by atoms with Crippen LogP contribution in [0.5, 0.6) is 0 Å². The lowest BCUT2D eigenvalue weighted by molar-refractivity contribution is -0.408. The summed E-state index contributed by atoms with van der Waals surface area (Å²) in [6, 6.07) is 0. The normalized spacial score (nSPS) is 58.1. The van der Waals surface area contributed by atoms with Crippen LogP contribution in [0.3, 0.4) is 0 Å². The highest BCUT2D eigenvalue weighted by Crippen LogP contribution is 2.79. The summed E-state index contributed by atoms with van der Waals surface area (Å²) in [6.07, 6.45) is -25.8. The molecule has 0 aromatic carbocycles. The molecule has 1 spiro atoms. The van der Waals surface area contributed by atoms with Crippen LogP contribution in [0.2, 0.25) is 0 Å². The average molecular weight is 1110 g/mol. The van der Waals surface area contributed by atoms with E-state index in [0.717, 1.165) is 25.7 Å². The summed E-state index contributed by atoms with van der Waals surface area (Å²) >= 11 is 0. The Balaban J connectivity index is 0.971. The van der Waals surface area contributed by atoms with Gasteiger partial charge in [0.25, 0.3) is 0 Å². The summed E-state index contributed by atoms with van der Waals surface area (Å²) in [5.41, 5.74) is -2.90. The molecule has 4 saturated carbocycles. The zero-order valence-corrected chi connectivity index (χ0v) is 45.2. The maximum absolute atomic E-state index is 12.3. The van der Waals surface area contributed by atoms with Crippen LogP contribution in [0.25, 0.3) is 0 Å². The first-order valence-electron chi connectivity index (χ1n) is 28.0. The Morgan fingerprint density at radius 2 is 1.06 bits per heavy atom. The van der Waals surface area contributed by atoms with Crippen LogP contribution < -0.4 is 0 Å². The third-order valence-electron chi connectivity index (χ3n) is 22.2. The maximum atomic E-state index is 12.3. The van der Waals surface area contributed by atoms with Crippen molar-refractivity contribution in [2.75, 3.05) is 33.0 Å². The average Bonchev–Trinajstić information content (AvgIpc) is 3.33. The van der Waals surface area contributed by atoms with Crippen molar-refractivity contribution in [3.63, 3.8) is 0 Å². The molecule has 31 unspecified atom stereocenters. The van der Waals surface area contributed by atoms with Crippen molar-refractivity contribution in [3.8, 4) is 0 Å². The largest absolute Gasteiger partial charge is 0.396 e. The molecule has 0 radical (unpaired) electrons. The number of aliphatic hydroxyl groups is 14. The van der Waals surface area contributed by atoms with E-state index in [9.17, 15) is 71.5 Å². The Morgan fingerprint density at radius 3 is 1.65 bits per heavy atom. The minimum absolute atomic E-state index is 0.00287. The van der Waals surface area contributed by atoms with Crippen LogP contribution in [-0.2, 0) is 42.6 Å². The van der Waals surface area contributed by atoms with Crippen molar-refractivity contribution >= 4 is 0 Å². The fourth-order valence-electron chi connectivity index (χ4n) is 17.2. The van der Waals surface area contributed by atoms with Gasteiger partial charge in [-0.15, -0.1) is 0 Å². The molecule has 31 atom stereocenters. The Bertz CT molecular complexity index is 2120. The van der Waals surface area contributed by atoms with E-state index < -0.39 is 177 Å². The standard InChI is InChI=1S/C54H88O23/c1-23-32(60)41(75-46-42(38(66)35(63)26(20-57)73-46)76-44-39(67)36(64)33(61)24(18-55)71-44)43(77-45-40(68)37(65)34(62)25(19-56)72-45)47(70-23)74-31-10-11-49(4)27(50(31,5)21-58)8-12-51(6)28(49)9-13-54-29-16-48(2,3)14-15-53(29,22-69-54)30(59)17-52(51,54)7/h9,13,23-47,55-68H,8,10-12,14-22H2,1-7H3. The Morgan fingerprint density at radius 1 is 0.519 bits per heavy atom. The number of allylic oxidation sites excluding steroid dienone is 1. The molecule has 0 aromatic heterocycles. The molecule has 5 heterocycles. The molecule has 10 rings (SSSR count). The van der Waals surface area contributed by atoms with Crippen LogP contribution in [-0.4, -0.2) is 245 Å². The van der Waals surface area contributed by atoms with Crippen LogP contribution in [0.1, 0.15) is 99.8 Å². The van der Waals surface area contributed by atoms with Crippen LogP contribution in [0.4, 0.5) is 0 Å². The minimum Gasteiger partial charge on any atom is -0.396 e. The second kappa shape index (κ2) is 20.9. The molecular formula is C54H88O23. The Kier molecular flexibility index (Phi) is 16.0. The first-order valence-corrected chi connectivity index (χ1v) is 28.0. The van der Waals surface area contributed by atoms with Gasteiger partial charge in [0.2, 0.25) is 0 Å². The summed E-state index contributed by atoms with van der Waals surface area (Å²) < 4.78 is 56.8. The van der Waals surface area contributed by atoms with E-state index in [-0.39, 0.29) is 40.6 Å². The van der Waals surface area contributed by atoms with Gasteiger partial charge in [-0.05, 0) is 86.4 Å². The number of hydrogen-bond donors (Lipinski definition) is 14. The predicted molar refractivity (Wildman–Crippen MR) is 262 cm³/mol. The topological polar surface area (TPSA) is 366 Å². The van der Waals surface area contributed by atoms with Gasteiger partial charge < -0.3 is 114 Å². The van der Waals surface area contributed by atoms with Gasteiger partial charge in [0, 0.05) is 22.2 Å². The molecule has 23 nitrogen and oxygen atoms in total. The molecule has 5 aliphatic heterocycles. The maximum Gasteiger partial charge on any atom is 0.187 e. The van der Waals surface area contributed by atoms with Crippen molar-refractivity contribution in [1.82, 2.24) is 0 Å². The van der Waals surface area contributed by atoms with Crippen LogP contribution in [0, 0.1) is 50.2 Å². The summed E-state index contributed by atoms with van der Waals surface area (Å²) in [5.74, 6) is -0.00439. The third-order valence-corrected chi connectivity index (χ3v) is 22.2. The molecular weight excluding hydrogens is 1020 g/mol. The highest BCUT2D eigenvalue weighted by Gasteiger charge is 2.79. The molecule has 10 aliphatic rings. The molecule has 442 valence electrons. The molecule has 2 bridgehead atoms. The highest BCUT2D eigenvalue weighted by molar-refractivity contribution is 5.36. The molecule has 0 aromatic rings. The van der Waals surface area contributed by atoms with Gasteiger partial charge in [0.1, 0.15) is 91.6 Å². The lowest BCUT2D eigenvalue weighted by atomic mass is 9.32. The fourth-order valence-corrected chi connectivity index (χ4v) is 17.2. The van der Waals surface area contributed by atoms with Crippen molar-refractivity contribution in [2.24, 2.45) is 50.2 Å². The van der Waals surface area contributed by atoms with Gasteiger partial charge in [-0.25, -0.2) is 0 Å². The summed E-state index contributed by atoms with van der Waals surface area (Å²) in [5, 5.41) is 154. The van der Waals surface area contributed by atoms with E-state index in [0.29, 0.717) is 32.3 Å². The second-order valence-corrected chi connectivity index (χ2v) is 26.6. The van der Waals surface area contributed by atoms with E-state index >= 15 is 0 Å². The van der Waals surface area contributed by atoms with Crippen LogP contribution >= 0.6 is 0 Å². The smallest absolute Gasteiger partial charge is 0.187 e. The van der Waals surface area contributed by atoms with Gasteiger partial charge in [0.05, 0.1) is 56.9 Å². The molecule has 23 heteroatoms. The first-order chi connectivity index (χ1) is 36.2. The lowest BCUT2D eigenvalue weighted by Crippen LogP contribution is -2.72. The summed E-state index contributed by atoms with van der Waals surface area (Å²) in [6.45, 7) is 12.8. The molecule has 9 fully saturated rings. The van der Waals surface area contributed by atoms with E-state index in [1.807, 2.05) is 6.92 Å². The van der Waals surface area contributed by atoms with Crippen molar-refractivity contribution in [3.05, 3.63) is 12.2 Å². The minimum atomic E-state index is -2.00. The van der Waals surface area contributed by atoms with Gasteiger partial charge in [-0.2, -0.15) is 0 Å². The first kappa shape index (κ1) is 59.0. The number of rotatable bonds is 12. The molecule has 0 amide bonds. The van der Waals surface area contributed by atoms with Crippen molar-refractivity contribution in [2.45, 2.75) is 240 Å². The van der Waals surface area contributed by atoms with E-state index in [1.54, 1.807) is 0 Å². The monoisotopic (exact) mass is 1100 g/mol. The molecule has 5 saturated heterocycles. The van der Waals surface area contributed by atoms with Gasteiger partial charge in [0.15, 0.2) is 25.2 Å². The van der Waals surface area contributed by atoms with E-state index in [2.05, 4.69) is 46.8 Å². The lowest BCUT2D eigenvalue weighted by Gasteiger charge is -2.73. The Hall–Kier alpha value is -1.18. The zero-order chi connectivity index (χ0) is 55.9. The Labute approximate surface area is 448 Å². The quantitative estimate of drug-likeness (QED) is 0.0705. The number of ether oxygens (including phenoxy) is 9. The van der Waals surface area contributed by atoms with Crippen molar-refractivity contribution in [1.29, 1.82) is 0 Å². The third kappa shape index (κ3) is 8.84. The van der Waals surface area contributed by atoms with Gasteiger partial charge in [-0.1, -0.05) is 53.7 Å². The van der Waals surface area contributed by atoms with Gasteiger partial charge >= 0.3 is 0 Å². The number of hydrogen-bond acceptors (Lipinski definition) is 23. The number of aliphatic hydroxyl groups excluding tert-OH is 14. The zero-order valence-electron chi connectivity index (χ0n) is 45.2. The summed E-state index contributed by atoms with van der Waals surface area (Å²) in [7, 11) is 0. The predicted octanol–water partition coefficient (Wildman–Crippen LogP) is -2.57.